The van der Waals surface area contributed by atoms with Crippen LogP contribution in [0.15, 0.2) is 22.7 Å². The van der Waals surface area contributed by atoms with Gasteiger partial charge in [-0.2, -0.15) is 13.2 Å². The fourth-order valence-corrected chi connectivity index (χ4v) is 3.41. The monoisotopic (exact) mass is 350 g/mol. The van der Waals surface area contributed by atoms with Gasteiger partial charge < -0.3 is 5.11 Å². The van der Waals surface area contributed by atoms with E-state index in [0.717, 1.165) is 31.7 Å². The number of hydrogen-bond donors (Lipinski definition) is 1. The summed E-state index contributed by atoms with van der Waals surface area (Å²) in [6.07, 6.45) is -1.84. The van der Waals surface area contributed by atoms with Gasteiger partial charge in [-0.25, -0.2) is 0 Å². The van der Waals surface area contributed by atoms with Crippen LogP contribution in [0.1, 0.15) is 49.8 Å². The maximum atomic E-state index is 13.1. The summed E-state index contributed by atoms with van der Waals surface area (Å²) in [7, 11) is 0. The highest BCUT2D eigenvalue weighted by atomic mass is 79.9. The van der Waals surface area contributed by atoms with E-state index >= 15 is 0 Å². The first-order valence-electron chi connectivity index (χ1n) is 6.83. The lowest BCUT2D eigenvalue weighted by atomic mass is 9.77. The third-order valence-electron chi connectivity index (χ3n) is 4.06. The molecule has 0 heterocycles. The van der Waals surface area contributed by atoms with Crippen molar-refractivity contribution < 1.29 is 18.3 Å². The van der Waals surface area contributed by atoms with Gasteiger partial charge in [0.2, 0.25) is 0 Å². The molecule has 3 unspecified atom stereocenters. The number of hydrogen-bond acceptors (Lipinski definition) is 1. The van der Waals surface area contributed by atoms with E-state index in [1.165, 1.54) is 6.07 Å². The summed E-state index contributed by atoms with van der Waals surface area (Å²) in [6.45, 7) is 2.09. The van der Waals surface area contributed by atoms with Crippen molar-refractivity contribution >= 4 is 15.9 Å². The lowest BCUT2D eigenvalue weighted by Crippen LogP contribution is -2.22. The molecule has 0 bridgehead atoms. The Morgan fingerprint density at radius 3 is 2.60 bits per heavy atom. The van der Waals surface area contributed by atoms with E-state index in [4.69, 9.17) is 0 Å². The second kappa shape index (κ2) is 6.06. The standard InChI is InChI=1S/C15H18BrF3O/c1-9-3-2-4-10(7-9)14(20)12-6-5-11(16)8-13(12)15(17,18)19/h5-6,8-10,14,20H,2-4,7H2,1H3. The number of halogens is 4. The van der Waals surface area contributed by atoms with E-state index in [1.54, 1.807) is 6.07 Å². The van der Waals surface area contributed by atoms with Gasteiger partial charge in [-0.15, -0.1) is 0 Å². The Morgan fingerprint density at radius 2 is 2.00 bits per heavy atom. The molecule has 20 heavy (non-hydrogen) atoms. The molecule has 0 aromatic heterocycles. The molecule has 1 aliphatic rings. The fourth-order valence-electron chi connectivity index (χ4n) is 3.05. The lowest BCUT2D eigenvalue weighted by Gasteiger charge is -2.31. The molecule has 0 aliphatic heterocycles. The van der Waals surface area contributed by atoms with Gasteiger partial charge >= 0.3 is 6.18 Å². The molecular formula is C15H18BrF3O. The molecule has 0 saturated heterocycles. The van der Waals surface area contributed by atoms with Gasteiger partial charge in [-0.3, -0.25) is 0 Å². The molecule has 1 aromatic rings. The van der Waals surface area contributed by atoms with E-state index in [1.807, 2.05) is 0 Å². The van der Waals surface area contributed by atoms with Crippen molar-refractivity contribution in [1.29, 1.82) is 0 Å². The Hall–Kier alpha value is -0.550. The predicted molar refractivity (Wildman–Crippen MR) is 75.2 cm³/mol. The third kappa shape index (κ3) is 3.55. The molecule has 0 radical (unpaired) electrons. The molecule has 1 fully saturated rings. The smallest absolute Gasteiger partial charge is 0.388 e. The van der Waals surface area contributed by atoms with Crippen LogP contribution in [0.5, 0.6) is 0 Å². The van der Waals surface area contributed by atoms with Crippen LogP contribution in [0.4, 0.5) is 13.2 Å². The van der Waals surface area contributed by atoms with Gasteiger partial charge in [0, 0.05) is 4.47 Å². The van der Waals surface area contributed by atoms with E-state index in [-0.39, 0.29) is 11.5 Å². The molecule has 1 N–H and O–H groups in total. The predicted octanol–water partition coefficient (Wildman–Crippen LogP) is 5.33. The zero-order valence-electron chi connectivity index (χ0n) is 11.3. The second-order valence-corrected chi connectivity index (χ2v) is 6.62. The maximum absolute atomic E-state index is 13.1. The summed E-state index contributed by atoms with van der Waals surface area (Å²) in [5, 5.41) is 10.4. The van der Waals surface area contributed by atoms with Gasteiger partial charge in [0.1, 0.15) is 0 Å². The molecule has 0 amide bonds. The third-order valence-corrected chi connectivity index (χ3v) is 4.56. The molecular weight excluding hydrogens is 333 g/mol. The first kappa shape index (κ1) is 15.8. The quantitative estimate of drug-likeness (QED) is 0.764. The van der Waals surface area contributed by atoms with Crippen LogP contribution in [0, 0.1) is 11.8 Å². The second-order valence-electron chi connectivity index (χ2n) is 5.71. The molecule has 3 atom stereocenters. The average Bonchev–Trinajstić information content (AvgIpc) is 2.37. The number of benzene rings is 1. The zero-order valence-corrected chi connectivity index (χ0v) is 12.8. The highest BCUT2D eigenvalue weighted by Gasteiger charge is 2.37. The minimum Gasteiger partial charge on any atom is -0.388 e. The molecule has 1 aliphatic carbocycles. The van der Waals surface area contributed by atoms with Crippen LogP contribution in [0.25, 0.3) is 0 Å². The summed E-state index contributed by atoms with van der Waals surface area (Å²) < 4.78 is 39.7. The molecule has 1 aromatic carbocycles. The highest BCUT2D eigenvalue weighted by molar-refractivity contribution is 9.10. The van der Waals surface area contributed by atoms with Crippen molar-refractivity contribution in [3.8, 4) is 0 Å². The molecule has 0 spiro atoms. The lowest BCUT2D eigenvalue weighted by molar-refractivity contribution is -0.139. The largest absolute Gasteiger partial charge is 0.416 e. The van der Waals surface area contributed by atoms with Gasteiger partial charge in [-0.1, -0.05) is 41.8 Å². The van der Waals surface area contributed by atoms with Gasteiger partial charge in [0.15, 0.2) is 0 Å². The number of alkyl halides is 3. The minimum atomic E-state index is -4.44. The summed E-state index contributed by atoms with van der Waals surface area (Å²) in [5.74, 6) is 0.384. The molecule has 2 rings (SSSR count). The molecule has 5 heteroatoms. The van der Waals surface area contributed by atoms with Crippen molar-refractivity contribution in [2.24, 2.45) is 11.8 Å². The Morgan fingerprint density at radius 1 is 1.30 bits per heavy atom. The van der Waals surface area contributed by atoms with Crippen molar-refractivity contribution in [2.45, 2.75) is 44.9 Å². The number of aliphatic hydroxyl groups is 1. The van der Waals surface area contributed by atoms with E-state index in [9.17, 15) is 18.3 Å². The summed E-state index contributed by atoms with van der Waals surface area (Å²) in [5.41, 5.74) is -0.739. The minimum absolute atomic E-state index is 0.000185. The van der Waals surface area contributed by atoms with Crippen molar-refractivity contribution in [3.05, 3.63) is 33.8 Å². The van der Waals surface area contributed by atoms with E-state index in [2.05, 4.69) is 22.9 Å². The molecule has 1 nitrogen and oxygen atoms in total. The van der Waals surface area contributed by atoms with Crippen LogP contribution in [0.2, 0.25) is 0 Å². The Labute approximate surface area is 125 Å². The maximum Gasteiger partial charge on any atom is 0.416 e. The Kier molecular flexibility index (Phi) is 4.80. The normalized spacial score (nSPS) is 25.5. The first-order chi connectivity index (χ1) is 9.29. The van der Waals surface area contributed by atoms with Crippen molar-refractivity contribution in [2.75, 3.05) is 0 Å². The van der Waals surface area contributed by atoms with Crippen molar-refractivity contribution in [1.82, 2.24) is 0 Å². The van der Waals surface area contributed by atoms with Gasteiger partial charge in [-0.05, 0) is 42.4 Å². The molecule has 1 saturated carbocycles. The van der Waals surface area contributed by atoms with Crippen LogP contribution in [-0.4, -0.2) is 5.11 Å². The van der Waals surface area contributed by atoms with Crippen LogP contribution >= 0.6 is 15.9 Å². The summed E-state index contributed by atoms with van der Waals surface area (Å²) >= 11 is 3.06. The zero-order chi connectivity index (χ0) is 14.9. The Bertz CT molecular complexity index is 473. The van der Waals surface area contributed by atoms with Crippen LogP contribution < -0.4 is 0 Å². The van der Waals surface area contributed by atoms with Crippen molar-refractivity contribution in [3.63, 3.8) is 0 Å². The summed E-state index contributed by atoms with van der Waals surface area (Å²) in [4.78, 5) is 0. The number of rotatable bonds is 2. The number of aliphatic hydroxyl groups excluding tert-OH is 1. The van der Waals surface area contributed by atoms with Gasteiger partial charge in [0.05, 0.1) is 11.7 Å². The SMILES string of the molecule is CC1CCCC(C(O)c2ccc(Br)cc2C(F)(F)F)C1. The first-order valence-corrected chi connectivity index (χ1v) is 7.63. The Balaban J connectivity index is 2.31. The van der Waals surface area contributed by atoms with Crippen LogP contribution in [0.3, 0.4) is 0 Å². The summed E-state index contributed by atoms with van der Waals surface area (Å²) in [6, 6.07) is 3.99. The average molecular weight is 351 g/mol. The topological polar surface area (TPSA) is 20.2 Å². The fraction of sp³-hybridized carbons (Fsp3) is 0.600. The highest BCUT2D eigenvalue weighted by Crippen LogP contribution is 2.42. The van der Waals surface area contributed by atoms with E-state index < -0.39 is 17.8 Å². The van der Waals surface area contributed by atoms with E-state index in [0.29, 0.717) is 10.4 Å². The van der Waals surface area contributed by atoms with Gasteiger partial charge in [0.25, 0.3) is 0 Å². The molecule has 112 valence electrons. The van der Waals surface area contributed by atoms with Crippen LogP contribution in [-0.2, 0) is 6.18 Å².